The van der Waals surface area contributed by atoms with Gasteiger partial charge >= 0.3 is 0 Å². The minimum absolute atomic E-state index is 0.0369. The standard InChI is InChI=1S/C15H18N2OS/c1-12(18)17-15-4-2-13(3-5-15)6-8-16-10-14-7-9-19-11-14/h2-5,7,9,11,16H,6,8,10H2,1H3,(H,17,18). The van der Waals surface area contributed by atoms with Crippen molar-refractivity contribution in [2.45, 2.75) is 19.9 Å². The highest BCUT2D eigenvalue weighted by Gasteiger charge is 1.97. The molecule has 2 rings (SSSR count). The van der Waals surface area contributed by atoms with Gasteiger partial charge in [0.15, 0.2) is 0 Å². The van der Waals surface area contributed by atoms with Gasteiger partial charge in [0.2, 0.25) is 5.91 Å². The Bertz CT molecular complexity index is 505. The normalized spacial score (nSPS) is 10.4. The first-order chi connectivity index (χ1) is 9.24. The van der Waals surface area contributed by atoms with Crippen molar-refractivity contribution in [1.29, 1.82) is 0 Å². The molecule has 0 spiro atoms. The molecule has 0 bridgehead atoms. The Kier molecular flexibility index (Phi) is 5.12. The molecule has 19 heavy (non-hydrogen) atoms. The number of carbonyl (C=O) groups excluding carboxylic acids is 1. The minimum Gasteiger partial charge on any atom is -0.326 e. The average molecular weight is 274 g/mol. The molecule has 1 aromatic heterocycles. The summed E-state index contributed by atoms with van der Waals surface area (Å²) >= 11 is 1.73. The molecule has 1 amide bonds. The largest absolute Gasteiger partial charge is 0.326 e. The van der Waals surface area contributed by atoms with E-state index < -0.39 is 0 Å². The lowest BCUT2D eigenvalue weighted by atomic mass is 10.1. The molecule has 100 valence electrons. The molecule has 0 fully saturated rings. The maximum atomic E-state index is 10.9. The Morgan fingerprint density at radius 2 is 1.95 bits per heavy atom. The van der Waals surface area contributed by atoms with E-state index in [4.69, 9.17) is 0 Å². The number of hydrogen-bond donors (Lipinski definition) is 2. The van der Waals surface area contributed by atoms with E-state index in [1.807, 2.05) is 12.1 Å². The van der Waals surface area contributed by atoms with Crippen molar-refractivity contribution in [3.8, 4) is 0 Å². The Morgan fingerprint density at radius 3 is 2.58 bits per heavy atom. The molecule has 2 N–H and O–H groups in total. The minimum atomic E-state index is -0.0369. The summed E-state index contributed by atoms with van der Waals surface area (Å²) in [5.74, 6) is -0.0369. The second-order valence-corrected chi connectivity index (χ2v) is 5.22. The predicted octanol–water partition coefficient (Wildman–Crippen LogP) is 3.04. The number of benzene rings is 1. The number of nitrogens with one attached hydrogen (secondary N) is 2. The second kappa shape index (κ2) is 7.07. The molecule has 3 nitrogen and oxygen atoms in total. The first-order valence-electron chi connectivity index (χ1n) is 6.32. The van der Waals surface area contributed by atoms with Crippen molar-refractivity contribution in [3.05, 3.63) is 52.2 Å². The number of amides is 1. The fourth-order valence-corrected chi connectivity index (χ4v) is 2.49. The zero-order valence-corrected chi connectivity index (χ0v) is 11.8. The van der Waals surface area contributed by atoms with Crippen molar-refractivity contribution in [3.63, 3.8) is 0 Å². The van der Waals surface area contributed by atoms with E-state index >= 15 is 0 Å². The van der Waals surface area contributed by atoms with Crippen LogP contribution in [0.3, 0.4) is 0 Å². The fraction of sp³-hybridized carbons (Fsp3) is 0.267. The van der Waals surface area contributed by atoms with Gasteiger partial charge in [0.05, 0.1) is 0 Å². The number of anilines is 1. The molecule has 1 aromatic carbocycles. The molecular formula is C15H18N2OS. The predicted molar refractivity (Wildman–Crippen MR) is 80.5 cm³/mol. The van der Waals surface area contributed by atoms with Crippen molar-refractivity contribution in [2.24, 2.45) is 0 Å². The molecule has 0 aliphatic rings. The van der Waals surface area contributed by atoms with E-state index in [2.05, 4.69) is 39.6 Å². The van der Waals surface area contributed by atoms with Gasteiger partial charge < -0.3 is 10.6 Å². The molecule has 0 radical (unpaired) electrons. The van der Waals surface area contributed by atoms with E-state index in [1.165, 1.54) is 18.1 Å². The van der Waals surface area contributed by atoms with Gasteiger partial charge in [-0.05, 0) is 53.1 Å². The summed E-state index contributed by atoms with van der Waals surface area (Å²) in [6.45, 7) is 3.39. The van der Waals surface area contributed by atoms with Crippen LogP contribution in [0.25, 0.3) is 0 Å². The number of thiophene rings is 1. The van der Waals surface area contributed by atoms with E-state index in [0.29, 0.717) is 0 Å². The van der Waals surface area contributed by atoms with Crippen LogP contribution in [0, 0.1) is 0 Å². The summed E-state index contributed by atoms with van der Waals surface area (Å²) in [5, 5.41) is 10.4. The summed E-state index contributed by atoms with van der Waals surface area (Å²) in [5.41, 5.74) is 3.46. The van der Waals surface area contributed by atoms with Crippen molar-refractivity contribution in [2.75, 3.05) is 11.9 Å². The van der Waals surface area contributed by atoms with Gasteiger partial charge in [-0.25, -0.2) is 0 Å². The lowest BCUT2D eigenvalue weighted by Gasteiger charge is -2.06. The van der Waals surface area contributed by atoms with E-state index in [-0.39, 0.29) is 5.91 Å². The Morgan fingerprint density at radius 1 is 1.16 bits per heavy atom. The maximum Gasteiger partial charge on any atom is 0.221 e. The summed E-state index contributed by atoms with van der Waals surface area (Å²) in [6.07, 6.45) is 0.991. The molecule has 4 heteroatoms. The SMILES string of the molecule is CC(=O)Nc1ccc(CCNCc2ccsc2)cc1. The first kappa shape index (κ1) is 13.8. The van der Waals surface area contributed by atoms with Crippen LogP contribution in [0.4, 0.5) is 5.69 Å². The van der Waals surface area contributed by atoms with Gasteiger partial charge in [-0.1, -0.05) is 12.1 Å². The van der Waals surface area contributed by atoms with Crippen LogP contribution in [0.2, 0.25) is 0 Å². The van der Waals surface area contributed by atoms with Crippen molar-refractivity contribution >= 4 is 22.9 Å². The summed E-state index contributed by atoms with van der Waals surface area (Å²) < 4.78 is 0. The van der Waals surface area contributed by atoms with Crippen LogP contribution in [0.15, 0.2) is 41.1 Å². The third-order valence-corrected chi connectivity index (χ3v) is 3.51. The zero-order chi connectivity index (χ0) is 13.5. The number of hydrogen-bond acceptors (Lipinski definition) is 3. The van der Waals surface area contributed by atoms with Crippen LogP contribution in [0.5, 0.6) is 0 Å². The molecule has 0 saturated heterocycles. The molecular weight excluding hydrogens is 256 g/mol. The fourth-order valence-electron chi connectivity index (χ4n) is 1.82. The Balaban J connectivity index is 1.72. The van der Waals surface area contributed by atoms with Crippen LogP contribution >= 0.6 is 11.3 Å². The van der Waals surface area contributed by atoms with Gasteiger partial charge in [0.1, 0.15) is 0 Å². The van der Waals surface area contributed by atoms with Gasteiger partial charge in [-0.3, -0.25) is 4.79 Å². The number of carbonyl (C=O) groups is 1. The van der Waals surface area contributed by atoms with Gasteiger partial charge in [0.25, 0.3) is 0 Å². The maximum absolute atomic E-state index is 10.9. The van der Waals surface area contributed by atoms with Crippen molar-refractivity contribution in [1.82, 2.24) is 5.32 Å². The lowest BCUT2D eigenvalue weighted by Crippen LogP contribution is -2.16. The summed E-state index contributed by atoms with van der Waals surface area (Å²) in [7, 11) is 0. The lowest BCUT2D eigenvalue weighted by molar-refractivity contribution is -0.114. The quantitative estimate of drug-likeness (QED) is 0.795. The molecule has 0 atom stereocenters. The molecule has 1 heterocycles. The second-order valence-electron chi connectivity index (χ2n) is 4.44. The Hall–Kier alpha value is -1.65. The van der Waals surface area contributed by atoms with Crippen LogP contribution in [-0.2, 0) is 17.8 Å². The highest BCUT2D eigenvalue weighted by atomic mass is 32.1. The first-order valence-corrected chi connectivity index (χ1v) is 7.26. The highest BCUT2D eigenvalue weighted by Crippen LogP contribution is 2.10. The van der Waals surface area contributed by atoms with E-state index in [0.717, 1.165) is 25.2 Å². The van der Waals surface area contributed by atoms with Crippen LogP contribution < -0.4 is 10.6 Å². The monoisotopic (exact) mass is 274 g/mol. The third-order valence-electron chi connectivity index (χ3n) is 2.77. The average Bonchev–Trinajstić information content (AvgIpc) is 2.89. The highest BCUT2D eigenvalue weighted by molar-refractivity contribution is 7.07. The number of rotatable bonds is 6. The molecule has 0 aliphatic heterocycles. The van der Waals surface area contributed by atoms with Gasteiger partial charge in [-0.15, -0.1) is 0 Å². The molecule has 0 saturated carbocycles. The van der Waals surface area contributed by atoms with E-state index in [1.54, 1.807) is 11.3 Å². The van der Waals surface area contributed by atoms with Crippen molar-refractivity contribution < 1.29 is 4.79 Å². The molecule has 0 unspecified atom stereocenters. The molecule has 0 aliphatic carbocycles. The third kappa shape index (κ3) is 4.85. The van der Waals surface area contributed by atoms with Crippen LogP contribution in [-0.4, -0.2) is 12.5 Å². The summed E-state index contributed by atoms with van der Waals surface area (Å²) in [6, 6.07) is 10.1. The van der Waals surface area contributed by atoms with Crippen LogP contribution in [0.1, 0.15) is 18.1 Å². The Labute approximate surface area is 117 Å². The van der Waals surface area contributed by atoms with Gasteiger partial charge in [0, 0.05) is 19.2 Å². The zero-order valence-electron chi connectivity index (χ0n) is 11.0. The molecule has 2 aromatic rings. The van der Waals surface area contributed by atoms with E-state index in [9.17, 15) is 4.79 Å². The smallest absolute Gasteiger partial charge is 0.221 e. The van der Waals surface area contributed by atoms with Gasteiger partial charge in [-0.2, -0.15) is 11.3 Å². The summed E-state index contributed by atoms with van der Waals surface area (Å²) in [4.78, 5) is 10.9. The topological polar surface area (TPSA) is 41.1 Å².